The number of rotatable bonds is 7. The lowest BCUT2D eigenvalue weighted by Gasteiger charge is -2.20. The lowest BCUT2D eigenvalue weighted by Crippen LogP contribution is -2.37. The summed E-state index contributed by atoms with van der Waals surface area (Å²) in [4.78, 5) is 0. The first-order valence-corrected chi connectivity index (χ1v) is 7.05. The van der Waals surface area contributed by atoms with Crippen molar-refractivity contribution >= 4 is 0 Å². The minimum Gasteiger partial charge on any atom is -0.313 e. The Morgan fingerprint density at radius 1 is 0.944 bits per heavy atom. The molecule has 2 N–H and O–H groups in total. The van der Waals surface area contributed by atoms with Gasteiger partial charge in [-0.1, -0.05) is 31.2 Å². The van der Waals surface area contributed by atoms with E-state index in [-0.39, 0.29) is 5.54 Å². The molecule has 0 unspecified atom stereocenters. The molecule has 102 valence electrons. The second-order valence-electron chi connectivity index (χ2n) is 5.88. The van der Waals surface area contributed by atoms with Crippen LogP contribution in [0.5, 0.6) is 0 Å². The standard InChI is InChI=1S/C16H28N2/c1-5-14-7-9-15(10-8-14)13-17-11-6-12-18-16(2,3)4/h7-10,17-18H,5-6,11-13H2,1-4H3. The Hall–Kier alpha value is -0.860. The Labute approximate surface area is 112 Å². The Kier molecular flexibility index (Phi) is 6.37. The van der Waals surface area contributed by atoms with Crippen LogP contribution < -0.4 is 10.6 Å². The average molecular weight is 248 g/mol. The van der Waals surface area contributed by atoms with Crippen LogP contribution in [0.2, 0.25) is 0 Å². The van der Waals surface area contributed by atoms with Gasteiger partial charge in [-0.15, -0.1) is 0 Å². The maximum Gasteiger partial charge on any atom is 0.0205 e. The first-order valence-electron chi connectivity index (χ1n) is 7.05. The fourth-order valence-electron chi connectivity index (χ4n) is 1.80. The quantitative estimate of drug-likeness (QED) is 0.725. The number of hydrogen-bond acceptors (Lipinski definition) is 2. The molecule has 0 aliphatic carbocycles. The molecule has 0 radical (unpaired) electrons. The van der Waals surface area contributed by atoms with Gasteiger partial charge in [0.1, 0.15) is 0 Å². The first kappa shape index (κ1) is 15.2. The Balaban J connectivity index is 2.10. The summed E-state index contributed by atoms with van der Waals surface area (Å²) < 4.78 is 0. The molecule has 0 heterocycles. The van der Waals surface area contributed by atoms with Gasteiger partial charge in [-0.2, -0.15) is 0 Å². The van der Waals surface area contributed by atoms with Gasteiger partial charge < -0.3 is 10.6 Å². The second kappa shape index (κ2) is 7.55. The molecule has 18 heavy (non-hydrogen) atoms. The molecular formula is C16H28N2. The van der Waals surface area contributed by atoms with E-state index in [1.54, 1.807) is 0 Å². The van der Waals surface area contributed by atoms with Crippen LogP contribution in [0, 0.1) is 0 Å². The average Bonchev–Trinajstić information content (AvgIpc) is 2.33. The van der Waals surface area contributed by atoms with Crippen molar-refractivity contribution in [3.05, 3.63) is 35.4 Å². The van der Waals surface area contributed by atoms with Gasteiger partial charge >= 0.3 is 0 Å². The highest BCUT2D eigenvalue weighted by atomic mass is 14.9. The molecule has 0 aliphatic heterocycles. The maximum absolute atomic E-state index is 3.50. The maximum atomic E-state index is 3.50. The monoisotopic (exact) mass is 248 g/mol. The number of hydrogen-bond donors (Lipinski definition) is 2. The lowest BCUT2D eigenvalue weighted by molar-refractivity contribution is 0.418. The van der Waals surface area contributed by atoms with E-state index < -0.39 is 0 Å². The van der Waals surface area contributed by atoms with Crippen molar-refractivity contribution in [3.8, 4) is 0 Å². The fraction of sp³-hybridized carbons (Fsp3) is 0.625. The first-order chi connectivity index (χ1) is 8.51. The fourth-order valence-corrected chi connectivity index (χ4v) is 1.80. The van der Waals surface area contributed by atoms with Crippen LogP contribution in [0.3, 0.4) is 0 Å². The molecule has 0 amide bonds. The molecule has 0 fully saturated rings. The van der Waals surface area contributed by atoms with Crippen molar-refractivity contribution in [2.45, 2.75) is 52.6 Å². The van der Waals surface area contributed by atoms with Crippen LogP contribution in [0.1, 0.15) is 45.2 Å². The van der Waals surface area contributed by atoms with Gasteiger partial charge in [-0.05, 0) is 57.8 Å². The summed E-state index contributed by atoms with van der Waals surface area (Å²) in [6, 6.07) is 8.88. The van der Waals surface area contributed by atoms with Gasteiger partial charge in [-0.25, -0.2) is 0 Å². The molecule has 0 saturated carbocycles. The van der Waals surface area contributed by atoms with Crippen LogP contribution in [-0.2, 0) is 13.0 Å². The van der Waals surface area contributed by atoms with Crippen LogP contribution in [0.15, 0.2) is 24.3 Å². The van der Waals surface area contributed by atoms with Crippen LogP contribution in [0.4, 0.5) is 0 Å². The molecule has 2 heteroatoms. The summed E-state index contributed by atoms with van der Waals surface area (Å²) in [6.07, 6.45) is 2.29. The van der Waals surface area contributed by atoms with E-state index in [4.69, 9.17) is 0 Å². The third kappa shape index (κ3) is 6.77. The summed E-state index contributed by atoms with van der Waals surface area (Å²) in [5, 5.41) is 6.98. The van der Waals surface area contributed by atoms with E-state index in [1.165, 1.54) is 17.5 Å². The molecule has 1 rings (SSSR count). The van der Waals surface area contributed by atoms with Crippen molar-refractivity contribution in [3.63, 3.8) is 0 Å². The number of aryl methyl sites for hydroxylation is 1. The van der Waals surface area contributed by atoms with Crippen LogP contribution in [-0.4, -0.2) is 18.6 Å². The van der Waals surface area contributed by atoms with E-state index in [1.807, 2.05) is 0 Å². The van der Waals surface area contributed by atoms with Gasteiger partial charge in [0.2, 0.25) is 0 Å². The smallest absolute Gasteiger partial charge is 0.0205 e. The molecule has 0 aliphatic rings. The third-order valence-corrected chi connectivity index (χ3v) is 2.95. The topological polar surface area (TPSA) is 24.1 Å². The van der Waals surface area contributed by atoms with Crippen molar-refractivity contribution in [1.29, 1.82) is 0 Å². The lowest BCUT2D eigenvalue weighted by atomic mass is 10.1. The zero-order valence-electron chi connectivity index (χ0n) is 12.3. The number of benzene rings is 1. The van der Waals surface area contributed by atoms with Gasteiger partial charge in [0.25, 0.3) is 0 Å². The highest BCUT2D eigenvalue weighted by Gasteiger charge is 2.06. The van der Waals surface area contributed by atoms with Gasteiger partial charge in [-0.3, -0.25) is 0 Å². The summed E-state index contributed by atoms with van der Waals surface area (Å²) in [6.45, 7) is 11.9. The molecule has 2 nitrogen and oxygen atoms in total. The van der Waals surface area contributed by atoms with Gasteiger partial charge in [0.05, 0.1) is 0 Å². The molecule has 0 saturated heterocycles. The number of nitrogens with one attached hydrogen (secondary N) is 2. The SMILES string of the molecule is CCc1ccc(CNCCCNC(C)(C)C)cc1. The van der Waals surface area contributed by atoms with Gasteiger partial charge in [0.15, 0.2) is 0 Å². The van der Waals surface area contributed by atoms with E-state index in [0.717, 1.165) is 26.1 Å². The zero-order chi connectivity index (χ0) is 13.4. The summed E-state index contributed by atoms with van der Waals surface area (Å²) in [7, 11) is 0. The predicted molar refractivity (Wildman–Crippen MR) is 79.9 cm³/mol. The predicted octanol–water partition coefficient (Wildman–Crippen LogP) is 3.12. The van der Waals surface area contributed by atoms with Crippen molar-refractivity contribution in [2.24, 2.45) is 0 Å². The largest absolute Gasteiger partial charge is 0.313 e. The highest BCUT2D eigenvalue weighted by molar-refractivity contribution is 5.22. The molecule has 0 aromatic heterocycles. The van der Waals surface area contributed by atoms with E-state index in [2.05, 4.69) is 62.6 Å². The molecule has 0 atom stereocenters. The molecular weight excluding hydrogens is 220 g/mol. The molecule has 0 bridgehead atoms. The van der Waals surface area contributed by atoms with Crippen molar-refractivity contribution in [1.82, 2.24) is 10.6 Å². The van der Waals surface area contributed by atoms with E-state index in [9.17, 15) is 0 Å². The zero-order valence-corrected chi connectivity index (χ0v) is 12.3. The Morgan fingerprint density at radius 2 is 1.56 bits per heavy atom. The molecule has 0 spiro atoms. The highest BCUT2D eigenvalue weighted by Crippen LogP contribution is 2.04. The van der Waals surface area contributed by atoms with Gasteiger partial charge in [0, 0.05) is 12.1 Å². The molecule has 1 aromatic carbocycles. The van der Waals surface area contributed by atoms with Crippen molar-refractivity contribution in [2.75, 3.05) is 13.1 Å². The summed E-state index contributed by atoms with van der Waals surface area (Å²) in [5.74, 6) is 0. The Morgan fingerprint density at radius 3 is 2.11 bits per heavy atom. The molecule has 1 aromatic rings. The Bertz CT molecular complexity index is 322. The van der Waals surface area contributed by atoms with Crippen molar-refractivity contribution < 1.29 is 0 Å². The normalized spacial score (nSPS) is 11.8. The van der Waals surface area contributed by atoms with E-state index >= 15 is 0 Å². The van der Waals surface area contributed by atoms with Crippen LogP contribution in [0.25, 0.3) is 0 Å². The second-order valence-corrected chi connectivity index (χ2v) is 5.88. The minimum absolute atomic E-state index is 0.232. The minimum atomic E-state index is 0.232. The summed E-state index contributed by atoms with van der Waals surface area (Å²) in [5.41, 5.74) is 3.01. The summed E-state index contributed by atoms with van der Waals surface area (Å²) >= 11 is 0. The van der Waals surface area contributed by atoms with Crippen LogP contribution >= 0.6 is 0 Å². The van der Waals surface area contributed by atoms with E-state index in [0.29, 0.717) is 0 Å². The third-order valence-electron chi connectivity index (χ3n) is 2.95.